The van der Waals surface area contributed by atoms with E-state index in [1.165, 1.54) is 72.0 Å². The van der Waals surface area contributed by atoms with Crippen molar-refractivity contribution in [2.45, 2.75) is 45.4 Å². The van der Waals surface area contributed by atoms with Crippen LogP contribution >= 0.6 is 0 Å². The molecule has 0 spiro atoms. The molecule has 9 rings (SSSR count). The molecule has 0 amide bonds. The Morgan fingerprint density at radius 1 is 0.426 bits per heavy atom. The van der Waals surface area contributed by atoms with E-state index < -0.39 is 0 Å². The largest absolute Gasteiger partial charge is 0.310 e. The summed E-state index contributed by atoms with van der Waals surface area (Å²) in [7, 11) is 0. The molecule has 0 unspecified atom stereocenters. The van der Waals surface area contributed by atoms with Crippen LogP contribution < -0.4 is 4.90 Å². The first-order valence-corrected chi connectivity index (χ1v) is 19.1. The van der Waals surface area contributed by atoms with Crippen LogP contribution in [0.1, 0.15) is 51.3 Å². The molecule has 0 saturated carbocycles. The maximum absolute atomic E-state index is 2.48. The van der Waals surface area contributed by atoms with E-state index in [0.717, 1.165) is 17.1 Å². The standard InChI is InChI=1S/C53H45N/c1-52(2,3)40-27-32-48-47(34-40)45-31-30-42(35-49(45)53(48,4)5)54(41-28-24-37(25-29-41)36-16-8-6-9-17-36)50-33-26-39-20-12-13-22-44(39)51(50)46-23-15-14-21-43(46)38-18-10-7-11-19-38/h6-35H,1-5H3. The van der Waals surface area contributed by atoms with Crippen LogP contribution in [0.5, 0.6) is 0 Å². The Balaban J connectivity index is 1.30. The highest BCUT2D eigenvalue weighted by molar-refractivity contribution is 6.08. The van der Waals surface area contributed by atoms with Crippen LogP contribution in [0.3, 0.4) is 0 Å². The molecule has 0 saturated heterocycles. The van der Waals surface area contributed by atoms with E-state index >= 15 is 0 Å². The van der Waals surface area contributed by atoms with Gasteiger partial charge in [-0.05, 0) is 102 Å². The van der Waals surface area contributed by atoms with Crippen LogP contribution in [0.2, 0.25) is 0 Å². The van der Waals surface area contributed by atoms with Crippen molar-refractivity contribution in [2.24, 2.45) is 0 Å². The topological polar surface area (TPSA) is 3.24 Å². The Labute approximate surface area is 320 Å². The lowest BCUT2D eigenvalue weighted by molar-refractivity contribution is 0.589. The predicted octanol–water partition coefficient (Wildman–Crippen LogP) is 14.9. The van der Waals surface area contributed by atoms with Crippen molar-refractivity contribution in [3.63, 3.8) is 0 Å². The average molecular weight is 696 g/mol. The number of anilines is 3. The summed E-state index contributed by atoms with van der Waals surface area (Å²) in [6.07, 6.45) is 0. The van der Waals surface area contributed by atoms with Crippen LogP contribution in [0.4, 0.5) is 17.1 Å². The number of fused-ring (bicyclic) bond motifs is 4. The molecule has 0 fully saturated rings. The van der Waals surface area contributed by atoms with Gasteiger partial charge in [-0.1, -0.05) is 186 Å². The third-order valence-corrected chi connectivity index (χ3v) is 11.4. The molecule has 8 aromatic carbocycles. The van der Waals surface area contributed by atoms with Crippen LogP contribution in [-0.2, 0) is 10.8 Å². The molecular weight excluding hydrogens is 651 g/mol. The summed E-state index contributed by atoms with van der Waals surface area (Å²) in [6, 6.07) is 67.1. The van der Waals surface area contributed by atoms with Gasteiger partial charge in [0.25, 0.3) is 0 Å². The summed E-state index contributed by atoms with van der Waals surface area (Å²) in [5, 5.41) is 2.45. The molecule has 0 atom stereocenters. The van der Waals surface area contributed by atoms with Gasteiger partial charge < -0.3 is 4.90 Å². The Bertz CT molecular complexity index is 2640. The summed E-state index contributed by atoms with van der Waals surface area (Å²) >= 11 is 0. The van der Waals surface area contributed by atoms with E-state index in [1.807, 2.05) is 0 Å². The second-order valence-electron chi connectivity index (χ2n) is 16.2. The van der Waals surface area contributed by atoms with Crippen LogP contribution in [-0.4, -0.2) is 0 Å². The van der Waals surface area contributed by atoms with Gasteiger partial charge in [0, 0.05) is 22.4 Å². The Morgan fingerprint density at radius 2 is 1.04 bits per heavy atom. The van der Waals surface area contributed by atoms with E-state index in [0.29, 0.717) is 0 Å². The summed E-state index contributed by atoms with van der Waals surface area (Å²) < 4.78 is 0. The highest BCUT2D eigenvalue weighted by atomic mass is 15.1. The van der Waals surface area contributed by atoms with Gasteiger partial charge in [-0.15, -0.1) is 0 Å². The van der Waals surface area contributed by atoms with Gasteiger partial charge in [-0.25, -0.2) is 0 Å². The van der Waals surface area contributed by atoms with E-state index in [-0.39, 0.29) is 10.8 Å². The molecule has 0 N–H and O–H groups in total. The molecule has 0 bridgehead atoms. The third kappa shape index (κ3) is 5.72. The van der Waals surface area contributed by atoms with E-state index in [1.54, 1.807) is 0 Å². The van der Waals surface area contributed by atoms with Gasteiger partial charge in [0.1, 0.15) is 0 Å². The fraction of sp³-hybridized carbons (Fsp3) is 0.132. The smallest absolute Gasteiger partial charge is 0.0546 e. The van der Waals surface area contributed by atoms with Gasteiger partial charge >= 0.3 is 0 Å². The number of rotatable bonds is 6. The number of nitrogens with zero attached hydrogens (tertiary/aromatic N) is 1. The Kier molecular flexibility index (Phi) is 8.12. The molecule has 1 nitrogen and oxygen atoms in total. The lowest BCUT2D eigenvalue weighted by atomic mass is 9.80. The second-order valence-corrected chi connectivity index (χ2v) is 16.2. The Hall–Kier alpha value is -6.18. The molecule has 0 aromatic heterocycles. The predicted molar refractivity (Wildman–Crippen MR) is 231 cm³/mol. The van der Waals surface area contributed by atoms with E-state index in [2.05, 4.69) is 222 Å². The van der Waals surface area contributed by atoms with Crippen LogP contribution in [0.15, 0.2) is 182 Å². The molecule has 0 heterocycles. The maximum Gasteiger partial charge on any atom is 0.0546 e. The van der Waals surface area contributed by atoms with E-state index in [9.17, 15) is 0 Å². The van der Waals surface area contributed by atoms with E-state index in [4.69, 9.17) is 0 Å². The van der Waals surface area contributed by atoms with Gasteiger partial charge in [0.05, 0.1) is 5.69 Å². The SMILES string of the molecule is CC(C)(C)c1ccc2c(c1)-c1ccc(N(c3ccc(-c4ccccc4)cc3)c3ccc4ccccc4c3-c3ccccc3-c3ccccc3)cc1C2(C)C. The molecule has 0 radical (unpaired) electrons. The highest BCUT2D eigenvalue weighted by Gasteiger charge is 2.37. The molecule has 54 heavy (non-hydrogen) atoms. The van der Waals surface area contributed by atoms with Crippen molar-refractivity contribution in [1.82, 2.24) is 0 Å². The van der Waals surface area contributed by atoms with Crippen molar-refractivity contribution in [2.75, 3.05) is 4.90 Å². The molecule has 1 heteroatoms. The number of benzene rings is 8. The maximum atomic E-state index is 2.48. The second kappa shape index (κ2) is 13.0. The summed E-state index contributed by atoms with van der Waals surface area (Å²) in [4.78, 5) is 2.48. The molecule has 1 aliphatic rings. The van der Waals surface area contributed by atoms with Gasteiger partial charge in [0.2, 0.25) is 0 Å². The van der Waals surface area contributed by atoms with Crippen molar-refractivity contribution >= 4 is 27.8 Å². The average Bonchev–Trinajstić information content (AvgIpc) is 3.43. The minimum Gasteiger partial charge on any atom is -0.310 e. The normalized spacial score (nSPS) is 13.1. The van der Waals surface area contributed by atoms with Gasteiger partial charge in [-0.3, -0.25) is 0 Å². The molecular formula is C53H45N. The van der Waals surface area contributed by atoms with Gasteiger partial charge in [-0.2, -0.15) is 0 Å². The summed E-state index contributed by atoms with van der Waals surface area (Å²) in [6.45, 7) is 11.7. The summed E-state index contributed by atoms with van der Waals surface area (Å²) in [5.74, 6) is 0. The number of hydrogen-bond donors (Lipinski definition) is 0. The van der Waals surface area contributed by atoms with Crippen molar-refractivity contribution in [1.29, 1.82) is 0 Å². The quantitative estimate of drug-likeness (QED) is 0.167. The molecule has 1 aliphatic carbocycles. The fourth-order valence-electron chi connectivity index (χ4n) is 8.51. The fourth-order valence-corrected chi connectivity index (χ4v) is 8.51. The zero-order valence-corrected chi connectivity index (χ0v) is 31.8. The van der Waals surface area contributed by atoms with Gasteiger partial charge in [0.15, 0.2) is 0 Å². The molecule has 0 aliphatic heterocycles. The zero-order chi connectivity index (χ0) is 37.0. The Morgan fingerprint density at radius 3 is 1.76 bits per heavy atom. The van der Waals surface area contributed by atoms with Crippen molar-refractivity contribution in [3.8, 4) is 44.5 Å². The lowest BCUT2D eigenvalue weighted by Crippen LogP contribution is -2.17. The molecule has 262 valence electrons. The van der Waals surface area contributed by atoms with Crippen molar-refractivity contribution < 1.29 is 0 Å². The highest BCUT2D eigenvalue weighted by Crippen LogP contribution is 2.53. The minimum absolute atomic E-state index is 0.0765. The number of hydrogen-bond acceptors (Lipinski definition) is 1. The van der Waals surface area contributed by atoms with Crippen molar-refractivity contribution in [3.05, 3.63) is 199 Å². The summed E-state index contributed by atoms with van der Waals surface area (Å²) in [5.41, 5.74) is 17.4. The zero-order valence-electron chi connectivity index (χ0n) is 31.8. The third-order valence-electron chi connectivity index (χ3n) is 11.4. The van der Waals surface area contributed by atoms with Crippen LogP contribution in [0, 0.1) is 0 Å². The first-order chi connectivity index (χ1) is 26.2. The lowest BCUT2D eigenvalue weighted by Gasteiger charge is -2.31. The monoisotopic (exact) mass is 695 g/mol. The molecule has 8 aromatic rings. The minimum atomic E-state index is -0.147. The van der Waals surface area contributed by atoms with Crippen LogP contribution in [0.25, 0.3) is 55.3 Å². The first-order valence-electron chi connectivity index (χ1n) is 19.1. The first kappa shape index (κ1) is 33.6.